The van der Waals surface area contributed by atoms with E-state index < -0.39 is 298 Å². The third-order valence-electron chi connectivity index (χ3n) is 26.2. The number of fused-ring (bicyclic) bond motifs is 8. The number of hydrogen-bond acceptors (Lipinski definition) is 6. The number of aromatic nitrogens is 4. The Morgan fingerprint density at radius 1 is 0.336 bits per heavy atom. The summed E-state index contributed by atoms with van der Waals surface area (Å²) in [6, 6.07) is 53.5. The zero-order valence-electron chi connectivity index (χ0n) is 117. The van der Waals surface area contributed by atoms with Crippen LogP contribution in [0, 0.1) is 58.4 Å². The normalized spacial score (nSPS) is 16.0. The first-order valence-electron chi connectivity index (χ1n) is 65.0. The molecule has 24 rings (SSSR count). The van der Waals surface area contributed by atoms with Crippen LogP contribution in [0.2, 0.25) is 19.6 Å². The van der Waals surface area contributed by atoms with Crippen molar-refractivity contribution in [3.63, 3.8) is 0 Å². The molecule has 0 atom stereocenters. The van der Waals surface area contributed by atoms with Gasteiger partial charge in [0.25, 0.3) is 0 Å². The Balaban J connectivity index is 0.000000202. The molecule has 0 amide bonds. The largest absolute Gasteiger partial charge is 0.493 e. The Kier molecular flexibility index (Phi) is 17.4. The molecule has 2 aliphatic heterocycles. The van der Waals surface area contributed by atoms with Gasteiger partial charge in [0.15, 0.2) is 0 Å². The molecule has 0 aliphatic carbocycles. The molecule has 0 N–H and O–H groups in total. The molecule has 2 aliphatic rings. The van der Waals surface area contributed by atoms with Gasteiger partial charge < -0.3 is 28.7 Å². The van der Waals surface area contributed by atoms with Crippen LogP contribution in [0.15, 0.2) is 430 Å². The predicted octanol–water partition coefficient (Wildman–Crippen LogP) is 34.3. The molecule has 0 fully saturated rings. The maximum Gasteiger partial charge on any atom is 0.135 e. The number of pyridine rings is 2. The third-order valence-corrected chi connectivity index (χ3v) is 28.2. The summed E-state index contributed by atoms with van der Waals surface area (Å²) in [6.07, 6.45) is 1.59. The van der Waals surface area contributed by atoms with Gasteiger partial charge in [-0.05, 0) is 212 Å². The summed E-state index contributed by atoms with van der Waals surface area (Å²) in [6.45, 7) is 26.2. The van der Waals surface area contributed by atoms with Gasteiger partial charge in [0.05, 0.1) is 54.7 Å². The number of nitrogens with zero attached hydrogens (tertiary/aromatic N) is 8. The summed E-state index contributed by atoms with van der Waals surface area (Å²) in [7, 11) is -2.47. The van der Waals surface area contributed by atoms with Crippen LogP contribution >= 0.6 is 0 Å². The van der Waals surface area contributed by atoms with Crippen LogP contribution in [0.5, 0.6) is 0 Å². The van der Waals surface area contributed by atoms with Gasteiger partial charge in [-0.2, -0.15) is 94.2 Å². The molecular formula is C135H110N8Pt2Si-6. The number of hydrogen-bond donors (Lipinski definition) is 0. The Hall–Kier alpha value is -15.3. The summed E-state index contributed by atoms with van der Waals surface area (Å²) in [5, 5.41) is 4.52. The van der Waals surface area contributed by atoms with E-state index in [1.165, 1.54) is 16.5 Å². The maximum absolute atomic E-state index is 10.3. The van der Waals surface area contributed by atoms with Gasteiger partial charge in [0, 0.05) is 130 Å². The second-order valence-electron chi connectivity index (χ2n) is 38.0. The fourth-order valence-corrected chi connectivity index (χ4v) is 20.5. The summed E-state index contributed by atoms with van der Waals surface area (Å²) in [5.41, 5.74) is 6.17. The molecule has 18 aromatic carbocycles. The number of aryl methyl sites for hydroxylation is 3. The first kappa shape index (κ1) is 63.0. The molecule has 11 heteroatoms. The van der Waals surface area contributed by atoms with Crippen molar-refractivity contribution < 1.29 is 91.5 Å². The van der Waals surface area contributed by atoms with E-state index in [2.05, 4.69) is 138 Å². The summed E-state index contributed by atoms with van der Waals surface area (Å²) < 4.78 is 335. The Morgan fingerprint density at radius 2 is 0.719 bits per heavy atom. The van der Waals surface area contributed by atoms with Crippen molar-refractivity contribution in [2.24, 2.45) is 0 Å². The average Bonchev–Trinajstić information content (AvgIpc) is 1.27. The van der Waals surface area contributed by atoms with Crippen LogP contribution in [0.1, 0.15) is 140 Å². The molecule has 0 bridgehead atoms. The van der Waals surface area contributed by atoms with E-state index >= 15 is 0 Å². The molecule has 0 saturated heterocycles. The Morgan fingerprint density at radius 3 is 1.16 bits per heavy atom. The molecule has 22 aromatic rings. The SMILES string of the molecule is [2H]c1c([2H])c([2H])c(-c2c([2H])c(-c3c([2H])c([2H])c([2H])c([2H])c3[2H])c(N3[CH-]N(c4[c-]c(C([2H])([2H])c5[c-]c6c(cc5)c5ccccc5n6-c5cc(C(C)(C)c6ccccc6)ccn5)cc([Si](C)(C)C)c4)c4ccccc43)c(-c3c([2H])c([2H])c([2H])c([2H])c3[2H])c2[2H])c([2H])c1[2H].[2H]c1c([2H])c([2H])c(-c2c([2H])c(-c3c([2H])c([2H])c([2H])c([2H])c3[2H])c(N3[CH-]N(c4[c-]c(Cc5[c-]c6c(cc5)c5ccccc5n6-c5cc(C(C)(C)C)ccn5)cc(-c5c(C)cc(C)cc5C)c4)c4ccccc43)c(-c3c([2H])c([2H])c([2H])c([2H])c3[2H])c2[2H])c([2H])c1[2H].[Pt].[Pt]. The summed E-state index contributed by atoms with van der Waals surface area (Å²) >= 11 is 0. The fraction of sp³-hybridized carbons (Fsp3) is 0.111. The first-order valence-corrected chi connectivity index (χ1v) is 50.5. The smallest absolute Gasteiger partial charge is 0.135 e. The predicted molar refractivity (Wildman–Crippen MR) is 606 cm³/mol. The van der Waals surface area contributed by atoms with Crippen molar-refractivity contribution in [3.05, 3.63) is 523 Å². The van der Waals surface area contributed by atoms with Crippen molar-refractivity contribution in [1.82, 2.24) is 19.1 Å². The van der Waals surface area contributed by atoms with Crippen molar-refractivity contribution in [1.29, 1.82) is 0 Å². The first-order chi connectivity index (χ1) is 85.0. The van der Waals surface area contributed by atoms with Gasteiger partial charge in [-0.25, -0.2) is 9.97 Å². The van der Waals surface area contributed by atoms with E-state index in [1.54, 1.807) is 83.3 Å². The zero-order chi connectivity index (χ0) is 129. The van der Waals surface area contributed by atoms with Crippen molar-refractivity contribution in [2.45, 2.75) is 98.7 Å². The molecule has 6 heterocycles. The van der Waals surface area contributed by atoms with E-state index in [1.807, 2.05) is 129 Å². The van der Waals surface area contributed by atoms with Gasteiger partial charge in [-0.15, -0.1) is 47.1 Å². The molecule has 4 aromatic heterocycles. The minimum Gasteiger partial charge on any atom is -0.493 e. The van der Waals surface area contributed by atoms with Crippen LogP contribution in [0.3, 0.4) is 0 Å². The molecular weight excluding hydrogens is 2150 g/mol. The number of benzene rings is 18. The average molecular weight is 2300 g/mol. The molecule has 146 heavy (non-hydrogen) atoms. The van der Waals surface area contributed by atoms with E-state index in [-0.39, 0.29) is 75.7 Å². The number of rotatable bonds is 20. The van der Waals surface area contributed by atoms with Gasteiger partial charge >= 0.3 is 0 Å². The maximum atomic E-state index is 10.3. The number of para-hydroxylation sites is 6. The van der Waals surface area contributed by atoms with E-state index in [0.717, 1.165) is 105 Å². The Bertz CT molecular complexity index is 10600. The van der Waals surface area contributed by atoms with Crippen LogP contribution in [-0.2, 0) is 65.8 Å². The molecule has 720 valence electrons. The van der Waals surface area contributed by atoms with E-state index in [0.29, 0.717) is 40.5 Å². The van der Waals surface area contributed by atoms with Crippen molar-refractivity contribution >= 4 is 102 Å². The topological polar surface area (TPSA) is 48.6 Å². The van der Waals surface area contributed by atoms with Crippen LogP contribution in [-0.4, -0.2) is 27.2 Å². The van der Waals surface area contributed by atoms with Gasteiger partial charge in [-0.3, -0.25) is 0 Å². The van der Waals surface area contributed by atoms with Gasteiger partial charge in [0.2, 0.25) is 0 Å². The fourth-order valence-electron chi connectivity index (χ4n) is 19.3. The van der Waals surface area contributed by atoms with Gasteiger partial charge in [-0.1, -0.05) is 355 Å². The molecule has 0 unspecified atom stereocenters. The monoisotopic (exact) mass is 2300 g/mol. The van der Waals surface area contributed by atoms with Crippen molar-refractivity contribution in [3.8, 4) is 89.5 Å². The summed E-state index contributed by atoms with van der Waals surface area (Å²) in [4.78, 5) is 16.1. The molecule has 0 saturated carbocycles. The van der Waals surface area contributed by atoms with Crippen LogP contribution in [0.4, 0.5) is 45.5 Å². The molecule has 0 radical (unpaired) electrons. The minimum absolute atomic E-state index is 0. The van der Waals surface area contributed by atoms with Crippen LogP contribution in [0.25, 0.3) is 133 Å². The zero-order valence-corrected chi connectivity index (χ0v) is 86.5. The molecule has 0 spiro atoms. The minimum atomic E-state index is -2.47. The third kappa shape index (κ3) is 18.7. The van der Waals surface area contributed by atoms with E-state index in [4.69, 9.17) is 40.1 Å². The van der Waals surface area contributed by atoms with E-state index in [9.17, 15) is 19.2 Å². The quantitative estimate of drug-likeness (QED) is 0.0560. The van der Waals surface area contributed by atoms with Crippen LogP contribution < -0.4 is 24.8 Å². The van der Waals surface area contributed by atoms with Gasteiger partial charge in [0.1, 0.15) is 11.6 Å². The standard InChI is InChI=1S/C68H55N4.C67H55N4Si.2Pt/c1-45-34-46(2)66(47(3)35-45)54-37-49(36-48-30-31-58-57-26-16-17-27-61(57)72(64(58)39-48)65-43-55(32-33-69-65)68(4,5)6)38-56(40-54)70-44-71(63-29-19-18-28-62(63)70)67-59(51-22-12-8-13-23-51)41-53(50-20-10-7-11-21-50)42-60(67)52-24-14-9-15-25-52;1-67(2,53-28-16-9-17-29-53)54-36-37-68-65(44-54)71-61-31-19-18-30-57(61)58-35-34-47(41-64(58)71)38-48-39-55(45-56(40-48)72(3,4)5)69-46-70(63-33-21-20-32-62(63)69)66-59(50-24-12-7-13-25-50)42-52(49-22-10-6-11-23-49)43-60(66)51-26-14-8-15-27-51;;/h7-35,37,40-44H,36H2,1-6H3;6-37,40,42-46H,38H2,1-5H3;;/q2*-3;;/i7D,8D,9D,10D,11D,12D,13D,14D,15D,20D,21D,22D,23D,24D,25D,41D,42D;6D,7D,8D,10D,11D,12D,13D,14D,15D,22D,23D,24D,25D,26D,27D,38D2,42D,43D;;. The summed E-state index contributed by atoms with van der Waals surface area (Å²) in [5.74, 6) is 1.35. The second-order valence-corrected chi connectivity index (χ2v) is 43.1. The second kappa shape index (κ2) is 40.3. The van der Waals surface area contributed by atoms with Crippen molar-refractivity contribution in [2.75, 3.05) is 19.6 Å². The number of anilines is 8. The Labute approximate surface area is 938 Å². The molecule has 8 nitrogen and oxygen atoms in total.